The lowest BCUT2D eigenvalue weighted by Crippen LogP contribution is -2.38. The first-order valence-corrected chi connectivity index (χ1v) is 15.2. The van der Waals surface area contributed by atoms with Crippen LogP contribution in [0.15, 0.2) is 35.4 Å². The topological polar surface area (TPSA) is 126 Å². The predicted molar refractivity (Wildman–Crippen MR) is 164 cm³/mol. The third-order valence-corrected chi connectivity index (χ3v) is 9.96. The van der Waals surface area contributed by atoms with Crippen molar-refractivity contribution >= 4 is 40.5 Å². The van der Waals surface area contributed by atoms with Crippen LogP contribution in [0, 0.1) is 5.41 Å². The molecule has 0 unspecified atom stereocenters. The zero-order valence-electron chi connectivity index (χ0n) is 24.6. The van der Waals surface area contributed by atoms with Crippen molar-refractivity contribution in [3.63, 3.8) is 0 Å². The van der Waals surface area contributed by atoms with E-state index < -0.39 is 0 Å². The van der Waals surface area contributed by atoms with Crippen molar-refractivity contribution < 1.29 is 14.7 Å². The predicted octanol–water partition coefficient (Wildman–Crippen LogP) is 3.24. The summed E-state index contributed by atoms with van der Waals surface area (Å²) in [5.74, 6) is 0.795. The van der Waals surface area contributed by atoms with Gasteiger partial charge in [0.2, 0.25) is 5.91 Å². The molecule has 43 heavy (non-hydrogen) atoms. The molecule has 6 heterocycles. The van der Waals surface area contributed by atoms with Crippen LogP contribution in [0.5, 0.6) is 0 Å². The molecule has 0 fully saturated rings. The third-order valence-electron chi connectivity index (χ3n) is 8.70. The number of aryl methyl sites for hydroxylation is 1. The number of thiophene rings is 1. The van der Waals surface area contributed by atoms with E-state index in [1.165, 1.54) is 20.6 Å². The van der Waals surface area contributed by atoms with Crippen molar-refractivity contribution in [1.29, 1.82) is 0 Å². The Morgan fingerprint density at radius 1 is 1.09 bits per heavy atom. The minimum absolute atomic E-state index is 0.0272. The number of carbonyl (C=O) groups excluding carboxylic acids is 2. The minimum atomic E-state index is -0.328. The molecule has 4 aromatic rings. The number of pyridine rings is 2. The van der Waals surface area contributed by atoms with E-state index in [-0.39, 0.29) is 35.9 Å². The van der Waals surface area contributed by atoms with Crippen molar-refractivity contribution in [3.05, 3.63) is 73.1 Å². The van der Waals surface area contributed by atoms with Gasteiger partial charge in [-0.1, -0.05) is 13.8 Å². The van der Waals surface area contributed by atoms with Gasteiger partial charge < -0.3 is 19.9 Å². The fourth-order valence-electron chi connectivity index (χ4n) is 6.55. The summed E-state index contributed by atoms with van der Waals surface area (Å²) in [7, 11) is 3.41. The fraction of sp³-hybridized carbons (Fsp3) is 0.387. The smallest absolute Gasteiger partial charge is 0.274 e. The number of anilines is 3. The number of fused-ring (bicyclic) bond motifs is 4. The third kappa shape index (κ3) is 4.56. The molecular weight excluding hydrogens is 566 g/mol. The van der Waals surface area contributed by atoms with Crippen LogP contribution in [0.2, 0.25) is 0 Å². The zero-order valence-corrected chi connectivity index (χ0v) is 25.4. The minimum Gasteiger partial charge on any atom is -0.392 e. The Balaban J connectivity index is 1.22. The summed E-state index contributed by atoms with van der Waals surface area (Å²) in [6, 6.07) is 5.34. The van der Waals surface area contributed by atoms with E-state index in [1.54, 1.807) is 64.4 Å². The van der Waals surface area contributed by atoms with Crippen molar-refractivity contribution in [2.75, 3.05) is 23.8 Å². The molecule has 2 amide bonds. The zero-order chi connectivity index (χ0) is 30.2. The quantitative estimate of drug-likeness (QED) is 0.361. The molecule has 0 atom stereocenters. The van der Waals surface area contributed by atoms with Gasteiger partial charge in [0.15, 0.2) is 5.82 Å². The lowest BCUT2D eigenvalue weighted by Gasteiger charge is -2.29. The van der Waals surface area contributed by atoms with Crippen molar-refractivity contribution in [3.8, 4) is 11.1 Å². The Kier molecular flexibility index (Phi) is 6.33. The highest BCUT2D eigenvalue weighted by atomic mass is 32.1. The second-order valence-electron chi connectivity index (χ2n) is 12.5. The number of nitrogens with one attached hydrogen (secondary N) is 1. The van der Waals surface area contributed by atoms with Crippen LogP contribution in [0.25, 0.3) is 11.1 Å². The molecule has 0 aromatic carbocycles. The number of amides is 2. The SMILES string of the molecule is CN1Cc2cc(Nc3cc(-c4ccnc(N5CCc6c(sc7c6CC(C)(C)C7)C5=O)c4CO)cn(C)c3=O)nn2CC1=O. The Hall–Kier alpha value is -4.29. The first-order valence-electron chi connectivity index (χ1n) is 14.4. The van der Waals surface area contributed by atoms with Crippen molar-refractivity contribution in [2.45, 2.75) is 52.8 Å². The molecule has 1 aliphatic carbocycles. The Bertz CT molecular complexity index is 1890. The Morgan fingerprint density at radius 2 is 1.91 bits per heavy atom. The van der Waals surface area contributed by atoms with Gasteiger partial charge in [0.1, 0.15) is 18.1 Å². The van der Waals surface area contributed by atoms with Gasteiger partial charge in [0.25, 0.3) is 11.5 Å². The van der Waals surface area contributed by atoms with E-state index in [0.29, 0.717) is 47.1 Å². The average molecular weight is 600 g/mol. The van der Waals surface area contributed by atoms with Crippen LogP contribution in [0.1, 0.15) is 50.8 Å². The van der Waals surface area contributed by atoms with Gasteiger partial charge in [0, 0.05) is 55.1 Å². The summed E-state index contributed by atoms with van der Waals surface area (Å²) < 4.78 is 3.11. The van der Waals surface area contributed by atoms with E-state index >= 15 is 0 Å². The summed E-state index contributed by atoms with van der Waals surface area (Å²) in [5.41, 5.74) is 5.55. The van der Waals surface area contributed by atoms with Gasteiger partial charge in [-0.25, -0.2) is 4.98 Å². The maximum atomic E-state index is 13.8. The number of carbonyl (C=O) groups is 2. The molecule has 0 radical (unpaired) electrons. The molecular formula is C31H33N7O4S. The van der Waals surface area contributed by atoms with Crippen molar-refractivity contribution in [1.82, 2.24) is 24.2 Å². The molecule has 0 saturated heterocycles. The first-order chi connectivity index (χ1) is 20.5. The molecule has 2 aliphatic heterocycles. The normalized spacial score (nSPS) is 17.2. The van der Waals surface area contributed by atoms with Gasteiger partial charge in [0.05, 0.1) is 23.7 Å². The van der Waals surface area contributed by atoms with E-state index in [4.69, 9.17) is 0 Å². The number of aliphatic hydroxyl groups is 1. The maximum absolute atomic E-state index is 13.8. The largest absolute Gasteiger partial charge is 0.392 e. The molecule has 12 heteroatoms. The number of nitrogens with zero attached hydrogens (tertiary/aromatic N) is 6. The lowest BCUT2D eigenvalue weighted by atomic mass is 9.89. The Morgan fingerprint density at radius 3 is 2.70 bits per heavy atom. The number of hydrogen-bond donors (Lipinski definition) is 2. The average Bonchev–Trinajstić information content (AvgIpc) is 3.60. The molecule has 222 valence electrons. The maximum Gasteiger partial charge on any atom is 0.274 e. The molecule has 11 nitrogen and oxygen atoms in total. The van der Waals surface area contributed by atoms with E-state index in [2.05, 4.69) is 29.2 Å². The fourth-order valence-corrected chi connectivity index (χ4v) is 8.12. The van der Waals surface area contributed by atoms with E-state index in [1.807, 2.05) is 6.07 Å². The molecule has 4 aromatic heterocycles. The van der Waals surface area contributed by atoms with E-state index in [9.17, 15) is 19.5 Å². The first kappa shape index (κ1) is 27.5. The van der Waals surface area contributed by atoms with Crippen LogP contribution in [-0.4, -0.2) is 54.7 Å². The van der Waals surface area contributed by atoms with Crippen LogP contribution in [0.3, 0.4) is 0 Å². The number of hydrogen-bond acceptors (Lipinski definition) is 8. The molecule has 0 bridgehead atoms. The molecule has 7 rings (SSSR count). The van der Waals surface area contributed by atoms with Gasteiger partial charge in [-0.15, -0.1) is 11.3 Å². The summed E-state index contributed by atoms with van der Waals surface area (Å²) in [4.78, 5) is 49.0. The summed E-state index contributed by atoms with van der Waals surface area (Å²) >= 11 is 1.61. The van der Waals surface area contributed by atoms with Gasteiger partial charge in [-0.05, 0) is 53.5 Å². The van der Waals surface area contributed by atoms with Crippen LogP contribution in [-0.2, 0) is 50.8 Å². The summed E-state index contributed by atoms with van der Waals surface area (Å²) in [5, 5.41) is 18.2. The number of rotatable bonds is 5. The highest BCUT2D eigenvalue weighted by Crippen LogP contribution is 2.46. The number of aromatic nitrogens is 4. The molecule has 2 N–H and O–H groups in total. The Labute approximate surface area is 252 Å². The van der Waals surface area contributed by atoms with Crippen LogP contribution in [0.4, 0.5) is 17.3 Å². The van der Waals surface area contributed by atoms with Gasteiger partial charge >= 0.3 is 0 Å². The van der Waals surface area contributed by atoms with Crippen molar-refractivity contribution in [2.24, 2.45) is 12.5 Å². The summed E-state index contributed by atoms with van der Waals surface area (Å²) in [6.07, 6.45) is 6.08. The molecule has 0 saturated carbocycles. The monoisotopic (exact) mass is 599 g/mol. The highest BCUT2D eigenvalue weighted by Gasteiger charge is 2.39. The number of likely N-dealkylation sites (N-methyl/N-ethyl adjacent to an activating group) is 1. The van der Waals surface area contributed by atoms with Crippen LogP contribution >= 0.6 is 11.3 Å². The second-order valence-corrected chi connectivity index (χ2v) is 13.6. The molecule has 0 spiro atoms. The molecule has 3 aliphatic rings. The van der Waals surface area contributed by atoms with Gasteiger partial charge in [-0.2, -0.15) is 5.10 Å². The summed E-state index contributed by atoms with van der Waals surface area (Å²) in [6.45, 7) is 5.29. The highest BCUT2D eigenvalue weighted by molar-refractivity contribution is 7.14. The van der Waals surface area contributed by atoms with E-state index in [0.717, 1.165) is 29.8 Å². The van der Waals surface area contributed by atoms with Gasteiger partial charge in [-0.3, -0.25) is 24.0 Å². The number of aliphatic hydroxyl groups excluding tert-OH is 1. The lowest BCUT2D eigenvalue weighted by molar-refractivity contribution is -0.132. The second kappa shape index (κ2) is 9.88. The standard InChI is InChI=1S/C31H33N7O4S/c1-31(2)11-21-20-6-8-37(30(42)27(20)43-24(21)12-31)28-22(16-39)19(5-7-32-28)17-9-23(29(41)36(4)13-17)33-25-10-18-14-35(3)26(40)15-38(18)34-25/h5,7,9-10,13,39H,6,8,11-12,14-16H2,1-4H3,(H,33,34). The van der Waals surface area contributed by atoms with Crippen LogP contribution < -0.4 is 15.8 Å².